The van der Waals surface area contributed by atoms with Crippen molar-refractivity contribution in [3.8, 4) is 0 Å². The monoisotopic (exact) mass is 217 g/mol. The Morgan fingerprint density at radius 3 is 2.75 bits per heavy atom. The van der Waals surface area contributed by atoms with Gasteiger partial charge in [0.05, 0.1) is 0 Å². The van der Waals surface area contributed by atoms with Crippen LogP contribution in [-0.4, -0.2) is 15.9 Å². The molecule has 5 heteroatoms. The van der Waals surface area contributed by atoms with Gasteiger partial charge < -0.3 is 15.3 Å². The maximum absolute atomic E-state index is 11.5. The maximum Gasteiger partial charge on any atom is 0.267 e. The summed E-state index contributed by atoms with van der Waals surface area (Å²) in [5, 5.41) is 2.73. The Bertz CT molecular complexity index is 508. The SMILES string of the molecule is O=C(NCc1ccc(=O)[nH]c1)c1ccc[nH]1. The van der Waals surface area contributed by atoms with Gasteiger partial charge in [-0.05, 0) is 17.7 Å². The Morgan fingerprint density at radius 2 is 2.12 bits per heavy atom. The van der Waals surface area contributed by atoms with E-state index >= 15 is 0 Å². The lowest BCUT2D eigenvalue weighted by Crippen LogP contribution is -2.23. The zero-order chi connectivity index (χ0) is 11.4. The molecule has 0 spiro atoms. The second-order valence-corrected chi connectivity index (χ2v) is 3.33. The molecule has 3 N–H and O–H groups in total. The van der Waals surface area contributed by atoms with E-state index in [9.17, 15) is 9.59 Å². The third-order valence-corrected chi connectivity index (χ3v) is 2.14. The predicted molar refractivity (Wildman–Crippen MR) is 59.0 cm³/mol. The Hall–Kier alpha value is -2.30. The van der Waals surface area contributed by atoms with Crippen LogP contribution in [0.5, 0.6) is 0 Å². The van der Waals surface area contributed by atoms with E-state index in [0.717, 1.165) is 5.56 Å². The van der Waals surface area contributed by atoms with Crippen molar-refractivity contribution in [3.05, 3.63) is 58.3 Å². The third-order valence-electron chi connectivity index (χ3n) is 2.14. The van der Waals surface area contributed by atoms with Crippen LogP contribution in [0, 0.1) is 0 Å². The Labute approximate surface area is 91.5 Å². The van der Waals surface area contributed by atoms with E-state index in [1.165, 1.54) is 6.07 Å². The summed E-state index contributed by atoms with van der Waals surface area (Å²) in [6.07, 6.45) is 3.27. The van der Waals surface area contributed by atoms with E-state index in [0.29, 0.717) is 12.2 Å². The predicted octanol–water partition coefficient (Wildman–Crippen LogP) is 0.633. The summed E-state index contributed by atoms with van der Waals surface area (Å²) < 4.78 is 0. The van der Waals surface area contributed by atoms with Gasteiger partial charge in [0.1, 0.15) is 5.69 Å². The van der Waals surface area contributed by atoms with Crippen LogP contribution in [0.4, 0.5) is 0 Å². The highest BCUT2D eigenvalue weighted by Gasteiger charge is 2.04. The first kappa shape index (κ1) is 10.2. The molecule has 0 radical (unpaired) electrons. The minimum atomic E-state index is -0.170. The average molecular weight is 217 g/mol. The minimum absolute atomic E-state index is 0.153. The van der Waals surface area contributed by atoms with E-state index < -0.39 is 0 Å². The number of carbonyl (C=O) groups excluding carboxylic acids is 1. The largest absolute Gasteiger partial charge is 0.357 e. The van der Waals surface area contributed by atoms with Crippen molar-refractivity contribution in [3.63, 3.8) is 0 Å². The Balaban J connectivity index is 1.95. The van der Waals surface area contributed by atoms with Gasteiger partial charge in [-0.25, -0.2) is 0 Å². The zero-order valence-electron chi connectivity index (χ0n) is 8.49. The van der Waals surface area contributed by atoms with Crippen molar-refractivity contribution >= 4 is 5.91 Å². The number of pyridine rings is 1. The van der Waals surface area contributed by atoms with Crippen LogP contribution in [0.1, 0.15) is 16.1 Å². The molecule has 5 nitrogen and oxygen atoms in total. The van der Waals surface area contributed by atoms with E-state index in [2.05, 4.69) is 15.3 Å². The quantitative estimate of drug-likeness (QED) is 0.705. The molecule has 16 heavy (non-hydrogen) atoms. The molecule has 82 valence electrons. The fourth-order valence-electron chi connectivity index (χ4n) is 1.30. The van der Waals surface area contributed by atoms with Gasteiger partial charge in [-0.15, -0.1) is 0 Å². The molecule has 0 aromatic carbocycles. The van der Waals surface area contributed by atoms with Crippen molar-refractivity contribution in [1.29, 1.82) is 0 Å². The second kappa shape index (κ2) is 4.48. The zero-order valence-corrected chi connectivity index (χ0v) is 8.49. The summed E-state index contributed by atoms with van der Waals surface area (Å²) in [5.41, 5.74) is 1.21. The van der Waals surface area contributed by atoms with Gasteiger partial charge in [0, 0.05) is 25.0 Å². The standard InChI is InChI=1S/C11H11N3O2/c15-10-4-3-8(6-13-10)7-14-11(16)9-2-1-5-12-9/h1-6,12H,7H2,(H,13,15)(H,14,16). The summed E-state index contributed by atoms with van der Waals surface area (Å²) in [6.45, 7) is 0.384. The molecule has 2 aromatic heterocycles. The molecule has 0 bridgehead atoms. The number of hydrogen-bond donors (Lipinski definition) is 3. The summed E-state index contributed by atoms with van der Waals surface area (Å²) in [5.74, 6) is -0.170. The fraction of sp³-hybridized carbons (Fsp3) is 0.0909. The van der Waals surface area contributed by atoms with Crippen molar-refractivity contribution in [1.82, 2.24) is 15.3 Å². The van der Waals surface area contributed by atoms with Crippen LogP contribution in [0.15, 0.2) is 41.5 Å². The lowest BCUT2D eigenvalue weighted by Gasteiger charge is -2.03. The Morgan fingerprint density at radius 1 is 1.25 bits per heavy atom. The lowest BCUT2D eigenvalue weighted by molar-refractivity contribution is 0.0946. The number of amides is 1. The number of nitrogens with one attached hydrogen (secondary N) is 3. The highest BCUT2D eigenvalue weighted by atomic mass is 16.1. The molecule has 0 saturated carbocycles. The van der Waals surface area contributed by atoms with Crippen molar-refractivity contribution in [2.75, 3.05) is 0 Å². The summed E-state index contributed by atoms with van der Waals surface area (Å²) in [7, 11) is 0. The first-order valence-electron chi connectivity index (χ1n) is 4.85. The summed E-state index contributed by atoms with van der Waals surface area (Å²) in [6, 6.07) is 6.56. The van der Waals surface area contributed by atoms with Crippen LogP contribution in [-0.2, 0) is 6.54 Å². The van der Waals surface area contributed by atoms with E-state index in [-0.39, 0.29) is 11.5 Å². The first-order valence-corrected chi connectivity index (χ1v) is 4.85. The Kier molecular flexibility index (Phi) is 2.86. The van der Waals surface area contributed by atoms with Crippen molar-refractivity contribution < 1.29 is 4.79 Å². The fourth-order valence-corrected chi connectivity index (χ4v) is 1.30. The van der Waals surface area contributed by atoms with Gasteiger partial charge in [0.15, 0.2) is 0 Å². The van der Waals surface area contributed by atoms with Gasteiger partial charge in [0.2, 0.25) is 5.56 Å². The average Bonchev–Trinajstić information content (AvgIpc) is 2.81. The molecular weight excluding hydrogens is 206 g/mol. The van der Waals surface area contributed by atoms with Gasteiger partial charge in [-0.3, -0.25) is 9.59 Å². The number of H-pyrrole nitrogens is 2. The van der Waals surface area contributed by atoms with Crippen LogP contribution < -0.4 is 10.9 Å². The third kappa shape index (κ3) is 2.38. The van der Waals surface area contributed by atoms with Gasteiger partial charge in [-0.2, -0.15) is 0 Å². The molecule has 0 unspecified atom stereocenters. The highest BCUT2D eigenvalue weighted by molar-refractivity contribution is 5.92. The molecule has 0 aliphatic heterocycles. The number of hydrogen-bond acceptors (Lipinski definition) is 2. The highest BCUT2D eigenvalue weighted by Crippen LogP contribution is 1.96. The maximum atomic E-state index is 11.5. The van der Waals surface area contributed by atoms with Crippen molar-refractivity contribution in [2.45, 2.75) is 6.54 Å². The van der Waals surface area contributed by atoms with E-state index in [4.69, 9.17) is 0 Å². The first-order chi connectivity index (χ1) is 7.75. The lowest BCUT2D eigenvalue weighted by atomic mass is 10.3. The van der Waals surface area contributed by atoms with Crippen LogP contribution in [0.25, 0.3) is 0 Å². The molecular formula is C11H11N3O2. The molecule has 0 atom stereocenters. The van der Waals surface area contributed by atoms with E-state index in [1.54, 1.807) is 30.6 Å². The molecule has 0 fully saturated rings. The van der Waals surface area contributed by atoms with Gasteiger partial charge in [-0.1, -0.05) is 6.07 Å². The minimum Gasteiger partial charge on any atom is -0.357 e. The molecule has 0 saturated heterocycles. The molecule has 2 heterocycles. The molecule has 1 amide bonds. The smallest absolute Gasteiger partial charge is 0.267 e. The molecule has 2 aromatic rings. The van der Waals surface area contributed by atoms with E-state index in [1.807, 2.05) is 0 Å². The summed E-state index contributed by atoms with van der Waals surface area (Å²) >= 11 is 0. The van der Waals surface area contributed by atoms with Crippen LogP contribution in [0.3, 0.4) is 0 Å². The normalized spacial score (nSPS) is 10.0. The number of aromatic nitrogens is 2. The molecule has 2 rings (SSSR count). The number of carbonyl (C=O) groups is 1. The second-order valence-electron chi connectivity index (χ2n) is 3.33. The number of aromatic amines is 2. The van der Waals surface area contributed by atoms with Crippen LogP contribution >= 0.6 is 0 Å². The summed E-state index contributed by atoms with van der Waals surface area (Å²) in [4.78, 5) is 27.7. The molecule has 0 aliphatic carbocycles. The van der Waals surface area contributed by atoms with Crippen LogP contribution in [0.2, 0.25) is 0 Å². The number of rotatable bonds is 3. The van der Waals surface area contributed by atoms with Gasteiger partial charge >= 0.3 is 0 Å². The topological polar surface area (TPSA) is 77.8 Å². The molecule has 0 aliphatic rings. The van der Waals surface area contributed by atoms with Gasteiger partial charge in [0.25, 0.3) is 5.91 Å². The van der Waals surface area contributed by atoms with Crippen molar-refractivity contribution in [2.24, 2.45) is 0 Å².